The third kappa shape index (κ3) is 6.74. The molecular formula is C35H31F2N3O6S. The zero-order chi connectivity index (χ0) is 33.3. The number of carbonyl (C=O) groups is 2. The van der Waals surface area contributed by atoms with Crippen molar-refractivity contribution in [3.05, 3.63) is 108 Å². The van der Waals surface area contributed by atoms with Crippen LogP contribution in [0.4, 0.5) is 20.2 Å². The summed E-state index contributed by atoms with van der Waals surface area (Å²) in [5, 5.41) is 12.2. The Morgan fingerprint density at radius 3 is 2.26 bits per heavy atom. The SMILES string of the molecule is CNC(=O)c1c(-c2ccc(F)cc2)oc2cc(NS(=O)(=O)CCCO)c(-c3cccc(C(=O)N(c4ccc(F)cc4)C4CC4)c3)cc12. The zero-order valence-corrected chi connectivity index (χ0v) is 26.1. The van der Waals surface area contributed by atoms with Crippen molar-refractivity contribution in [3.8, 4) is 22.5 Å². The van der Waals surface area contributed by atoms with E-state index in [2.05, 4.69) is 10.0 Å². The molecule has 12 heteroatoms. The van der Waals surface area contributed by atoms with Crippen LogP contribution in [0.3, 0.4) is 0 Å². The predicted octanol–water partition coefficient (Wildman–Crippen LogP) is 6.34. The summed E-state index contributed by atoms with van der Waals surface area (Å²) in [7, 11) is -2.48. The minimum Gasteiger partial charge on any atom is -0.455 e. The third-order valence-electron chi connectivity index (χ3n) is 7.88. The molecular weight excluding hydrogens is 628 g/mol. The maximum atomic E-state index is 13.9. The Labute approximate surface area is 269 Å². The van der Waals surface area contributed by atoms with Crippen LogP contribution in [0.2, 0.25) is 0 Å². The summed E-state index contributed by atoms with van der Waals surface area (Å²) in [4.78, 5) is 28.8. The number of amides is 2. The van der Waals surface area contributed by atoms with Crippen molar-refractivity contribution >= 4 is 44.2 Å². The largest absolute Gasteiger partial charge is 0.455 e. The zero-order valence-electron chi connectivity index (χ0n) is 25.3. The van der Waals surface area contributed by atoms with Crippen LogP contribution in [0.1, 0.15) is 40.0 Å². The van der Waals surface area contributed by atoms with Gasteiger partial charge in [0.2, 0.25) is 10.0 Å². The minimum absolute atomic E-state index is 0.00751. The fraction of sp³-hybridized carbons (Fsp3) is 0.200. The minimum atomic E-state index is -3.94. The van der Waals surface area contributed by atoms with Crippen molar-refractivity contribution in [2.75, 3.05) is 29.0 Å². The lowest BCUT2D eigenvalue weighted by Crippen LogP contribution is -2.33. The van der Waals surface area contributed by atoms with Crippen molar-refractivity contribution in [1.82, 2.24) is 5.32 Å². The lowest BCUT2D eigenvalue weighted by atomic mass is 9.97. The van der Waals surface area contributed by atoms with E-state index in [4.69, 9.17) is 4.42 Å². The van der Waals surface area contributed by atoms with E-state index in [1.54, 1.807) is 47.4 Å². The first-order valence-electron chi connectivity index (χ1n) is 15.0. The summed E-state index contributed by atoms with van der Waals surface area (Å²) in [5.74, 6) is -1.86. The standard InChI is InChI=1S/C35H31F2N3O6S/c1-38-34(42)32-29-19-28(22-4-2-5-23(18-22)35(43)40(27-14-15-27)26-12-10-25(37)11-13-26)30(39-47(44,45)17-3-16-41)20-31(29)46-33(32)21-6-8-24(36)9-7-21/h2,4-13,18-20,27,39,41H,3,14-17H2,1H3,(H,38,42). The summed E-state index contributed by atoms with van der Waals surface area (Å²) >= 11 is 0. The first-order chi connectivity index (χ1) is 22.6. The van der Waals surface area contributed by atoms with Crippen LogP contribution in [-0.4, -0.2) is 50.8 Å². The number of aliphatic hydroxyl groups excluding tert-OH is 1. The van der Waals surface area contributed by atoms with Gasteiger partial charge >= 0.3 is 0 Å². The molecule has 1 aliphatic rings. The molecule has 1 aromatic heterocycles. The number of hydrogen-bond acceptors (Lipinski definition) is 6. The second kappa shape index (κ2) is 13.0. The van der Waals surface area contributed by atoms with Crippen LogP contribution in [0, 0.1) is 11.6 Å². The normalized spacial score (nSPS) is 13.0. The van der Waals surface area contributed by atoms with Gasteiger partial charge in [0.1, 0.15) is 23.0 Å². The van der Waals surface area contributed by atoms with E-state index in [-0.39, 0.29) is 53.3 Å². The summed E-state index contributed by atoms with van der Waals surface area (Å²) < 4.78 is 62.2. The molecule has 0 atom stereocenters. The highest BCUT2D eigenvalue weighted by Gasteiger charge is 2.34. The molecule has 1 aliphatic carbocycles. The number of nitrogens with one attached hydrogen (secondary N) is 2. The highest BCUT2D eigenvalue weighted by molar-refractivity contribution is 7.92. The van der Waals surface area contributed by atoms with Gasteiger partial charge in [-0.05, 0) is 91.6 Å². The van der Waals surface area contributed by atoms with Crippen LogP contribution in [0.15, 0.2) is 89.3 Å². The van der Waals surface area contributed by atoms with Gasteiger partial charge in [-0.25, -0.2) is 17.2 Å². The van der Waals surface area contributed by atoms with Gasteiger partial charge in [0.05, 0.1) is 17.0 Å². The average molecular weight is 660 g/mol. The summed E-state index contributed by atoms with van der Waals surface area (Å²) in [6, 6.07) is 20.8. The smallest absolute Gasteiger partial charge is 0.258 e. The topological polar surface area (TPSA) is 129 Å². The molecule has 1 heterocycles. The summed E-state index contributed by atoms with van der Waals surface area (Å²) in [5.41, 5.74) is 2.62. The maximum absolute atomic E-state index is 13.9. The number of carbonyl (C=O) groups excluding carboxylic acids is 2. The number of hydrogen-bond donors (Lipinski definition) is 3. The molecule has 0 radical (unpaired) electrons. The quantitative estimate of drug-likeness (QED) is 0.152. The van der Waals surface area contributed by atoms with Gasteiger partial charge in [-0.2, -0.15) is 0 Å². The lowest BCUT2D eigenvalue weighted by Gasteiger charge is -2.23. The maximum Gasteiger partial charge on any atom is 0.258 e. The van der Waals surface area contributed by atoms with Crippen LogP contribution < -0.4 is 14.9 Å². The Hall–Kier alpha value is -5.07. The van der Waals surface area contributed by atoms with Crippen LogP contribution in [-0.2, 0) is 10.0 Å². The molecule has 1 fully saturated rings. The van der Waals surface area contributed by atoms with Crippen LogP contribution in [0.5, 0.6) is 0 Å². The second-order valence-electron chi connectivity index (χ2n) is 11.2. The molecule has 0 spiro atoms. The molecule has 47 heavy (non-hydrogen) atoms. The Morgan fingerprint density at radius 2 is 1.62 bits per heavy atom. The van der Waals surface area contributed by atoms with Crippen LogP contribution in [0.25, 0.3) is 33.4 Å². The number of sulfonamides is 1. The number of fused-ring (bicyclic) bond motifs is 1. The van der Waals surface area contributed by atoms with Gasteiger partial charge in [-0.3, -0.25) is 14.3 Å². The first-order valence-corrected chi connectivity index (χ1v) is 16.6. The fourth-order valence-corrected chi connectivity index (χ4v) is 6.60. The van der Waals surface area contributed by atoms with Crippen molar-refractivity contribution in [2.45, 2.75) is 25.3 Å². The summed E-state index contributed by atoms with van der Waals surface area (Å²) in [6.45, 7) is -0.322. The van der Waals surface area contributed by atoms with E-state index in [0.29, 0.717) is 33.3 Å². The van der Waals surface area contributed by atoms with Gasteiger partial charge < -0.3 is 19.7 Å². The third-order valence-corrected chi connectivity index (χ3v) is 9.24. The van der Waals surface area contributed by atoms with Crippen molar-refractivity contribution in [2.24, 2.45) is 0 Å². The van der Waals surface area contributed by atoms with E-state index in [1.807, 2.05) is 0 Å². The molecule has 3 N–H and O–H groups in total. The first kappa shape index (κ1) is 31.9. The number of benzene rings is 4. The van der Waals surface area contributed by atoms with E-state index in [0.717, 1.165) is 12.8 Å². The fourth-order valence-electron chi connectivity index (χ4n) is 5.48. The Morgan fingerprint density at radius 1 is 0.936 bits per heavy atom. The van der Waals surface area contributed by atoms with Gasteiger partial charge in [0, 0.05) is 53.5 Å². The summed E-state index contributed by atoms with van der Waals surface area (Å²) in [6.07, 6.45) is 1.62. The van der Waals surface area contributed by atoms with Crippen molar-refractivity contribution in [3.63, 3.8) is 0 Å². The number of rotatable bonds is 11. The molecule has 6 rings (SSSR count). The number of halogens is 2. The number of aliphatic hydroxyl groups is 1. The van der Waals surface area contributed by atoms with Gasteiger partial charge in [0.15, 0.2) is 0 Å². The monoisotopic (exact) mass is 659 g/mol. The van der Waals surface area contributed by atoms with Gasteiger partial charge in [0.25, 0.3) is 11.8 Å². The van der Waals surface area contributed by atoms with Crippen LogP contribution >= 0.6 is 0 Å². The Balaban J connectivity index is 1.51. The molecule has 1 saturated carbocycles. The van der Waals surface area contributed by atoms with Gasteiger partial charge in [-0.15, -0.1) is 0 Å². The Kier molecular flexibility index (Phi) is 8.80. The number of anilines is 2. The number of furan rings is 1. The highest BCUT2D eigenvalue weighted by Crippen LogP contribution is 2.41. The molecule has 4 aromatic carbocycles. The van der Waals surface area contributed by atoms with Crippen molar-refractivity contribution < 1.29 is 36.3 Å². The molecule has 0 bridgehead atoms. The van der Waals surface area contributed by atoms with E-state index in [1.165, 1.54) is 49.5 Å². The van der Waals surface area contributed by atoms with E-state index in [9.17, 15) is 31.9 Å². The van der Waals surface area contributed by atoms with E-state index >= 15 is 0 Å². The molecule has 5 aromatic rings. The molecule has 9 nitrogen and oxygen atoms in total. The predicted molar refractivity (Wildman–Crippen MR) is 176 cm³/mol. The number of nitrogens with zero attached hydrogens (tertiary/aromatic N) is 1. The highest BCUT2D eigenvalue weighted by atomic mass is 32.2. The average Bonchev–Trinajstić information content (AvgIpc) is 3.83. The Bertz CT molecular complexity index is 2080. The molecule has 0 saturated heterocycles. The molecule has 0 unspecified atom stereocenters. The van der Waals surface area contributed by atoms with Gasteiger partial charge in [-0.1, -0.05) is 12.1 Å². The van der Waals surface area contributed by atoms with Crippen molar-refractivity contribution in [1.29, 1.82) is 0 Å². The molecule has 2 amide bonds. The lowest BCUT2D eigenvalue weighted by molar-refractivity contribution is 0.0962. The second-order valence-corrected chi connectivity index (χ2v) is 13.1. The molecule has 242 valence electrons. The molecule has 0 aliphatic heterocycles. The van der Waals surface area contributed by atoms with E-state index < -0.39 is 27.6 Å².